The van der Waals surface area contributed by atoms with Crippen molar-refractivity contribution in [3.8, 4) is 0 Å². The molecule has 0 spiro atoms. The molecule has 1 aromatic rings. The van der Waals surface area contributed by atoms with Crippen molar-refractivity contribution in [1.29, 1.82) is 0 Å². The fourth-order valence-electron chi connectivity index (χ4n) is 4.99. The van der Waals surface area contributed by atoms with Crippen molar-refractivity contribution in [2.24, 2.45) is 5.92 Å². The molecule has 2 atom stereocenters. The summed E-state index contributed by atoms with van der Waals surface area (Å²) in [6, 6.07) is 8.05. The van der Waals surface area contributed by atoms with Crippen LogP contribution in [0, 0.1) is 5.92 Å². The van der Waals surface area contributed by atoms with Crippen molar-refractivity contribution in [1.82, 2.24) is 9.80 Å². The molecule has 5 heteroatoms. The van der Waals surface area contributed by atoms with E-state index in [2.05, 4.69) is 24.3 Å². The lowest BCUT2D eigenvalue weighted by Gasteiger charge is -2.31. The van der Waals surface area contributed by atoms with Crippen molar-refractivity contribution in [3.05, 3.63) is 35.4 Å². The lowest BCUT2D eigenvalue weighted by Crippen LogP contribution is -2.50. The second kappa shape index (κ2) is 7.39. The van der Waals surface area contributed by atoms with Gasteiger partial charge in [0.2, 0.25) is 11.8 Å². The average Bonchev–Trinajstić information content (AvgIpc) is 3.38. The van der Waals surface area contributed by atoms with E-state index < -0.39 is 0 Å². The van der Waals surface area contributed by atoms with Gasteiger partial charge in [-0.05, 0) is 55.6 Å². The number of carbonyl (C=O) groups is 2. The summed E-state index contributed by atoms with van der Waals surface area (Å²) in [5.41, 5.74) is 2.73. The van der Waals surface area contributed by atoms with Gasteiger partial charge in [0.15, 0.2) is 0 Å². The van der Waals surface area contributed by atoms with Crippen molar-refractivity contribution in [2.45, 2.75) is 57.0 Å². The fourth-order valence-corrected chi connectivity index (χ4v) is 4.99. The van der Waals surface area contributed by atoms with Crippen molar-refractivity contribution >= 4 is 11.8 Å². The standard InChI is InChI=1S/C21H28N2O3/c24-14-18-7-3-9-22(18)21(26)19-8-4-10-23(19)20(25)13-15-11-16-5-1-2-6-17(16)12-15/h1-2,5-6,15,18-19,24H,3-4,7-14H2/t18-,19-/m0/s1. The highest BCUT2D eigenvalue weighted by atomic mass is 16.3. The zero-order chi connectivity index (χ0) is 18.1. The molecule has 1 N–H and O–H groups in total. The summed E-state index contributed by atoms with van der Waals surface area (Å²) in [5.74, 6) is 0.522. The normalized spacial score (nSPS) is 25.7. The maximum Gasteiger partial charge on any atom is 0.245 e. The zero-order valence-corrected chi connectivity index (χ0v) is 15.3. The Labute approximate surface area is 155 Å². The zero-order valence-electron chi connectivity index (χ0n) is 15.3. The van der Waals surface area contributed by atoms with E-state index in [1.165, 1.54) is 11.1 Å². The fraction of sp³-hybridized carbons (Fsp3) is 0.619. The van der Waals surface area contributed by atoms with Gasteiger partial charge in [0.25, 0.3) is 0 Å². The number of likely N-dealkylation sites (tertiary alicyclic amines) is 2. The number of benzene rings is 1. The van der Waals surface area contributed by atoms with Crippen LogP contribution in [0.4, 0.5) is 0 Å². The van der Waals surface area contributed by atoms with E-state index in [1.807, 2.05) is 9.80 Å². The molecule has 140 valence electrons. The molecule has 3 aliphatic rings. The Morgan fingerprint density at radius 2 is 1.65 bits per heavy atom. The van der Waals surface area contributed by atoms with Gasteiger partial charge in [-0.1, -0.05) is 24.3 Å². The monoisotopic (exact) mass is 356 g/mol. The van der Waals surface area contributed by atoms with Gasteiger partial charge in [-0.15, -0.1) is 0 Å². The second-order valence-corrected chi connectivity index (χ2v) is 8.00. The van der Waals surface area contributed by atoms with Gasteiger partial charge in [-0.25, -0.2) is 0 Å². The summed E-state index contributed by atoms with van der Waals surface area (Å²) in [7, 11) is 0. The van der Waals surface area contributed by atoms with Gasteiger partial charge < -0.3 is 14.9 Å². The smallest absolute Gasteiger partial charge is 0.245 e. The Balaban J connectivity index is 1.39. The first-order chi connectivity index (χ1) is 12.7. The number of carbonyl (C=O) groups excluding carboxylic acids is 2. The van der Waals surface area contributed by atoms with E-state index >= 15 is 0 Å². The van der Waals surface area contributed by atoms with Crippen LogP contribution in [0.15, 0.2) is 24.3 Å². The summed E-state index contributed by atoms with van der Waals surface area (Å²) in [6.45, 7) is 1.42. The first kappa shape index (κ1) is 17.5. The van der Waals surface area contributed by atoms with Crippen LogP contribution < -0.4 is 0 Å². The summed E-state index contributed by atoms with van der Waals surface area (Å²) < 4.78 is 0. The number of fused-ring (bicyclic) bond motifs is 1. The minimum Gasteiger partial charge on any atom is -0.394 e. The van der Waals surface area contributed by atoms with E-state index in [9.17, 15) is 14.7 Å². The maximum atomic E-state index is 13.0. The Bertz CT molecular complexity index is 665. The molecule has 2 heterocycles. The van der Waals surface area contributed by atoms with Gasteiger partial charge in [-0.2, -0.15) is 0 Å². The molecule has 1 aliphatic carbocycles. The topological polar surface area (TPSA) is 60.9 Å². The highest BCUT2D eigenvalue weighted by Crippen LogP contribution is 2.31. The van der Waals surface area contributed by atoms with Gasteiger partial charge in [-0.3, -0.25) is 9.59 Å². The number of nitrogens with zero attached hydrogens (tertiary/aromatic N) is 2. The maximum absolute atomic E-state index is 13.0. The molecule has 0 bridgehead atoms. The van der Waals surface area contributed by atoms with Crippen molar-refractivity contribution < 1.29 is 14.7 Å². The van der Waals surface area contributed by atoms with E-state index in [-0.39, 0.29) is 30.5 Å². The van der Waals surface area contributed by atoms with Crippen molar-refractivity contribution in [2.75, 3.05) is 19.7 Å². The van der Waals surface area contributed by atoms with E-state index in [0.29, 0.717) is 25.4 Å². The first-order valence-electron chi connectivity index (χ1n) is 9.95. The molecule has 0 radical (unpaired) electrons. The molecule has 1 aromatic carbocycles. The molecule has 0 unspecified atom stereocenters. The predicted octanol–water partition coefficient (Wildman–Crippen LogP) is 1.77. The number of hydrogen-bond acceptors (Lipinski definition) is 3. The van der Waals surface area contributed by atoms with Crippen LogP contribution in [0.3, 0.4) is 0 Å². The Morgan fingerprint density at radius 3 is 2.35 bits per heavy atom. The summed E-state index contributed by atoms with van der Waals surface area (Å²) >= 11 is 0. The van der Waals surface area contributed by atoms with E-state index in [0.717, 1.165) is 38.5 Å². The molecular weight excluding hydrogens is 328 g/mol. The van der Waals surface area contributed by atoms with Crippen LogP contribution in [-0.2, 0) is 22.4 Å². The van der Waals surface area contributed by atoms with Crippen LogP contribution in [0.1, 0.15) is 43.2 Å². The Hall–Kier alpha value is -1.88. The minimum absolute atomic E-state index is 0.0206. The number of rotatable bonds is 4. The summed E-state index contributed by atoms with van der Waals surface area (Å²) in [4.78, 5) is 29.5. The molecule has 5 nitrogen and oxygen atoms in total. The molecule has 0 aromatic heterocycles. The molecule has 26 heavy (non-hydrogen) atoms. The SMILES string of the molecule is O=C([C@@H]1CCCN1C(=O)CC1Cc2ccccc2C1)N1CCC[C@H]1CO. The van der Waals surface area contributed by atoms with Gasteiger partial charge >= 0.3 is 0 Å². The molecule has 2 aliphatic heterocycles. The molecule has 2 fully saturated rings. The van der Waals surface area contributed by atoms with Gasteiger partial charge in [0, 0.05) is 19.5 Å². The molecule has 4 rings (SSSR count). The highest BCUT2D eigenvalue weighted by molar-refractivity contribution is 5.88. The van der Waals surface area contributed by atoms with Gasteiger partial charge in [0.1, 0.15) is 6.04 Å². The summed E-state index contributed by atoms with van der Waals surface area (Å²) in [5, 5.41) is 9.50. The molecular formula is C21H28N2O3. The highest BCUT2D eigenvalue weighted by Gasteiger charge is 2.40. The predicted molar refractivity (Wildman–Crippen MR) is 98.5 cm³/mol. The Morgan fingerprint density at radius 1 is 1.00 bits per heavy atom. The molecule has 2 saturated heterocycles. The average molecular weight is 356 g/mol. The first-order valence-corrected chi connectivity index (χ1v) is 9.95. The van der Waals surface area contributed by atoms with Gasteiger partial charge in [0.05, 0.1) is 12.6 Å². The van der Waals surface area contributed by atoms with Crippen molar-refractivity contribution in [3.63, 3.8) is 0 Å². The van der Waals surface area contributed by atoms with Crippen LogP contribution in [-0.4, -0.2) is 58.5 Å². The Kier molecular flexibility index (Phi) is 4.98. The largest absolute Gasteiger partial charge is 0.394 e. The number of amides is 2. The number of hydrogen-bond donors (Lipinski definition) is 1. The van der Waals surface area contributed by atoms with Crippen LogP contribution in [0.2, 0.25) is 0 Å². The van der Waals surface area contributed by atoms with E-state index in [4.69, 9.17) is 0 Å². The molecule has 2 amide bonds. The lowest BCUT2D eigenvalue weighted by molar-refractivity contribution is -0.145. The van der Waals surface area contributed by atoms with E-state index in [1.54, 1.807) is 0 Å². The van der Waals surface area contributed by atoms with Crippen LogP contribution >= 0.6 is 0 Å². The third kappa shape index (κ3) is 3.25. The van der Waals surface area contributed by atoms with Crippen LogP contribution in [0.5, 0.6) is 0 Å². The molecule has 0 saturated carbocycles. The van der Waals surface area contributed by atoms with Crippen LogP contribution in [0.25, 0.3) is 0 Å². The third-order valence-corrected chi connectivity index (χ3v) is 6.33. The lowest BCUT2D eigenvalue weighted by atomic mass is 10.0. The third-order valence-electron chi connectivity index (χ3n) is 6.33. The number of aliphatic hydroxyl groups excluding tert-OH is 1. The second-order valence-electron chi connectivity index (χ2n) is 8.00. The summed E-state index contributed by atoms with van der Waals surface area (Å²) in [6.07, 6.45) is 5.91. The quantitative estimate of drug-likeness (QED) is 0.894. The number of aliphatic hydroxyl groups is 1. The minimum atomic E-state index is -0.321.